The third-order valence-electron chi connectivity index (χ3n) is 3.93. The molecule has 0 aliphatic carbocycles. The molecule has 0 radical (unpaired) electrons. The first-order valence-electron chi connectivity index (χ1n) is 5.98. The second kappa shape index (κ2) is 4.39. The lowest BCUT2D eigenvalue weighted by Gasteiger charge is -2.40. The first-order chi connectivity index (χ1) is 7.24. The van der Waals surface area contributed by atoms with Gasteiger partial charge in [-0.05, 0) is 44.3 Å². The summed E-state index contributed by atoms with van der Waals surface area (Å²) in [6.45, 7) is 7.43. The summed E-state index contributed by atoms with van der Waals surface area (Å²) in [6, 6.07) is 0.00444. The van der Waals surface area contributed by atoms with Gasteiger partial charge in [0.25, 0.3) is 0 Å². The van der Waals surface area contributed by atoms with E-state index in [0.29, 0.717) is 5.41 Å². The number of hydrogen-bond donors (Lipinski definition) is 2. The summed E-state index contributed by atoms with van der Waals surface area (Å²) >= 11 is 0. The van der Waals surface area contributed by atoms with E-state index < -0.39 is 0 Å². The standard InChI is InChI=1S/C11H21N3O/c1-2-14-7-4-11(5-8-14)3-6-12-10(15)13-9-11/h2-9H2,1H3,(H2,12,13,15). The van der Waals surface area contributed by atoms with Crippen LogP contribution in [0.3, 0.4) is 0 Å². The Morgan fingerprint density at radius 2 is 2.00 bits per heavy atom. The van der Waals surface area contributed by atoms with E-state index in [2.05, 4.69) is 22.5 Å². The molecule has 0 bridgehead atoms. The highest BCUT2D eigenvalue weighted by Gasteiger charge is 2.35. The van der Waals surface area contributed by atoms with Gasteiger partial charge in [-0.2, -0.15) is 0 Å². The maximum Gasteiger partial charge on any atom is 0.314 e. The monoisotopic (exact) mass is 211 g/mol. The number of amides is 2. The largest absolute Gasteiger partial charge is 0.338 e. The average molecular weight is 211 g/mol. The van der Waals surface area contributed by atoms with Crippen molar-refractivity contribution in [2.45, 2.75) is 26.2 Å². The van der Waals surface area contributed by atoms with E-state index in [1.54, 1.807) is 0 Å². The second-order valence-corrected chi connectivity index (χ2v) is 4.79. The Bertz CT molecular complexity index is 234. The van der Waals surface area contributed by atoms with Gasteiger partial charge in [-0.25, -0.2) is 4.79 Å². The molecule has 2 heterocycles. The fourth-order valence-corrected chi connectivity index (χ4v) is 2.63. The number of carbonyl (C=O) groups excluding carboxylic acids is 1. The zero-order chi connectivity index (χ0) is 10.7. The molecule has 86 valence electrons. The summed E-state index contributed by atoms with van der Waals surface area (Å²) in [5.41, 5.74) is 0.366. The van der Waals surface area contributed by atoms with Gasteiger partial charge in [0, 0.05) is 13.1 Å². The lowest BCUT2D eigenvalue weighted by atomic mass is 9.76. The van der Waals surface area contributed by atoms with Crippen LogP contribution in [0.25, 0.3) is 0 Å². The Kier molecular flexibility index (Phi) is 3.14. The number of urea groups is 1. The molecule has 4 heteroatoms. The molecular weight excluding hydrogens is 190 g/mol. The lowest BCUT2D eigenvalue weighted by Crippen LogP contribution is -2.45. The zero-order valence-electron chi connectivity index (χ0n) is 9.51. The highest BCUT2D eigenvalue weighted by Crippen LogP contribution is 2.34. The molecule has 0 aromatic carbocycles. The van der Waals surface area contributed by atoms with Crippen molar-refractivity contribution < 1.29 is 4.79 Å². The minimum atomic E-state index is 0.00444. The van der Waals surface area contributed by atoms with Gasteiger partial charge in [0.15, 0.2) is 0 Å². The number of hydrogen-bond acceptors (Lipinski definition) is 2. The topological polar surface area (TPSA) is 44.4 Å². The molecular formula is C11H21N3O. The first kappa shape index (κ1) is 10.7. The highest BCUT2D eigenvalue weighted by molar-refractivity contribution is 5.74. The number of nitrogens with one attached hydrogen (secondary N) is 2. The number of carbonyl (C=O) groups is 1. The predicted molar refractivity (Wildman–Crippen MR) is 59.8 cm³/mol. The predicted octanol–water partition coefficient (Wildman–Crippen LogP) is 0.791. The second-order valence-electron chi connectivity index (χ2n) is 4.79. The van der Waals surface area contributed by atoms with Gasteiger partial charge >= 0.3 is 6.03 Å². The third-order valence-corrected chi connectivity index (χ3v) is 3.93. The highest BCUT2D eigenvalue weighted by atomic mass is 16.2. The normalized spacial score (nSPS) is 26.9. The van der Waals surface area contributed by atoms with Crippen molar-refractivity contribution in [1.82, 2.24) is 15.5 Å². The van der Waals surface area contributed by atoms with E-state index in [1.165, 1.54) is 25.9 Å². The number of rotatable bonds is 1. The van der Waals surface area contributed by atoms with E-state index in [1.807, 2.05) is 0 Å². The number of likely N-dealkylation sites (tertiary alicyclic amines) is 1. The number of piperidine rings is 1. The van der Waals surface area contributed by atoms with Crippen molar-refractivity contribution in [2.75, 3.05) is 32.7 Å². The van der Waals surface area contributed by atoms with Crippen LogP contribution in [0.1, 0.15) is 26.2 Å². The van der Waals surface area contributed by atoms with E-state index in [-0.39, 0.29) is 6.03 Å². The summed E-state index contributed by atoms with van der Waals surface area (Å²) in [7, 11) is 0. The van der Waals surface area contributed by atoms with Gasteiger partial charge in [0.05, 0.1) is 0 Å². The summed E-state index contributed by atoms with van der Waals surface area (Å²) in [5.74, 6) is 0. The fraction of sp³-hybridized carbons (Fsp3) is 0.909. The molecule has 2 aliphatic heterocycles. The maximum absolute atomic E-state index is 11.2. The van der Waals surface area contributed by atoms with Gasteiger partial charge in [0.2, 0.25) is 0 Å². The summed E-state index contributed by atoms with van der Waals surface area (Å²) in [5, 5.41) is 5.85. The molecule has 0 unspecified atom stereocenters. The Balaban J connectivity index is 1.93. The van der Waals surface area contributed by atoms with Crippen molar-refractivity contribution in [2.24, 2.45) is 5.41 Å². The zero-order valence-corrected chi connectivity index (χ0v) is 9.51. The van der Waals surface area contributed by atoms with Crippen molar-refractivity contribution in [1.29, 1.82) is 0 Å². The molecule has 2 rings (SSSR count). The molecule has 0 aromatic rings. The van der Waals surface area contributed by atoms with Crippen molar-refractivity contribution in [3.8, 4) is 0 Å². The smallest absolute Gasteiger partial charge is 0.314 e. The molecule has 2 fully saturated rings. The first-order valence-corrected chi connectivity index (χ1v) is 5.98. The van der Waals surface area contributed by atoms with Crippen LogP contribution in [0.4, 0.5) is 4.79 Å². The summed E-state index contributed by atoms with van der Waals surface area (Å²) in [6.07, 6.45) is 3.58. The quantitative estimate of drug-likeness (QED) is 0.673. The van der Waals surface area contributed by atoms with Gasteiger partial charge < -0.3 is 15.5 Å². The van der Waals surface area contributed by atoms with Gasteiger partial charge in [0.1, 0.15) is 0 Å². The molecule has 2 N–H and O–H groups in total. The molecule has 2 aliphatic rings. The minimum absolute atomic E-state index is 0.00444. The molecule has 0 saturated carbocycles. The Hall–Kier alpha value is -0.770. The molecule has 0 aromatic heterocycles. The molecule has 2 amide bonds. The van der Waals surface area contributed by atoms with Crippen LogP contribution in [0.5, 0.6) is 0 Å². The van der Waals surface area contributed by atoms with Crippen molar-refractivity contribution >= 4 is 6.03 Å². The van der Waals surface area contributed by atoms with Gasteiger partial charge in [-0.15, -0.1) is 0 Å². The van der Waals surface area contributed by atoms with Crippen molar-refractivity contribution in [3.05, 3.63) is 0 Å². The van der Waals surface area contributed by atoms with Gasteiger partial charge in [-0.3, -0.25) is 0 Å². The van der Waals surface area contributed by atoms with E-state index in [0.717, 1.165) is 26.1 Å². The molecule has 0 atom stereocenters. The summed E-state index contributed by atoms with van der Waals surface area (Å²) < 4.78 is 0. The van der Waals surface area contributed by atoms with Crippen LogP contribution in [-0.4, -0.2) is 43.7 Å². The van der Waals surface area contributed by atoms with Crippen LogP contribution in [0.2, 0.25) is 0 Å². The lowest BCUT2D eigenvalue weighted by molar-refractivity contribution is 0.105. The Morgan fingerprint density at radius 1 is 1.27 bits per heavy atom. The van der Waals surface area contributed by atoms with Crippen molar-refractivity contribution in [3.63, 3.8) is 0 Å². The van der Waals surface area contributed by atoms with Crippen LogP contribution in [-0.2, 0) is 0 Å². The Morgan fingerprint density at radius 3 is 2.67 bits per heavy atom. The molecule has 1 spiro atoms. The van der Waals surface area contributed by atoms with E-state index in [4.69, 9.17) is 0 Å². The molecule has 4 nitrogen and oxygen atoms in total. The maximum atomic E-state index is 11.2. The Labute approximate surface area is 91.4 Å². The average Bonchev–Trinajstić information content (AvgIpc) is 2.44. The van der Waals surface area contributed by atoms with E-state index >= 15 is 0 Å². The van der Waals surface area contributed by atoms with Crippen LogP contribution in [0.15, 0.2) is 0 Å². The van der Waals surface area contributed by atoms with Crippen LogP contribution in [0, 0.1) is 5.41 Å². The molecule has 2 saturated heterocycles. The number of nitrogens with zero attached hydrogens (tertiary/aromatic N) is 1. The molecule has 15 heavy (non-hydrogen) atoms. The summed E-state index contributed by atoms with van der Waals surface area (Å²) in [4.78, 5) is 13.7. The van der Waals surface area contributed by atoms with E-state index in [9.17, 15) is 4.79 Å². The van der Waals surface area contributed by atoms with Gasteiger partial charge in [-0.1, -0.05) is 6.92 Å². The van der Waals surface area contributed by atoms with Crippen LogP contribution >= 0.6 is 0 Å². The van der Waals surface area contributed by atoms with Crippen LogP contribution < -0.4 is 10.6 Å². The minimum Gasteiger partial charge on any atom is -0.338 e. The third kappa shape index (κ3) is 2.43. The fourth-order valence-electron chi connectivity index (χ4n) is 2.63. The SMILES string of the molecule is CCN1CCC2(CCNC(=O)NC2)CC1.